The van der Waals surface area contributed by atoms with E-state index in [9.17, 15) is 4.79 Å². The van der Waals surface area contributed by atoms with Gasteiger partial charge in [-0.2, -0.15) is 0 Å². The van der Waals surface area contributed by atoms with Crippen molar-refractivity contribution in [3.8, 4) is 11.6 Å². The lowest BCUT2D eigenvalue weighted by Gasteiger charge is -2.46. The predicted octanol–water partition coefficient (Wildman–Crippen LogP) is 1.63. The fourth-order valence-corrected chi connectivity index (χ4v) is 3.11. The van der Waals surface area contributed by atoms with Crippen LogP contribution in [0.5, 0.6) is 0 Å². The van der Waals surface area contributed by atoms with Crippen LogP contribution in [-0.2, 0) is 22.0 Å². The molecule has 1 aliphatic heterocycles. The first-order chi connectivity index (χ1) is 11.8. The van der Waals surface area contributed by atoms with Crippen molar-refractivity contribution in [3.05, 3.63) is 18.4 Å². The highest BCUT2D eigenvalue weighted by Crippen LogP contribution is 2.35. The largest absolute Gasteiger partial charge is 0.418 e. The molecule has 0 bridgehead atoms. The van der Waals surface area contributed by atoms with Gasteiger partial charge in [-0.1, -0.05) is 13.8 Å². The van der Waals surface area contributed by atoms with Crippen molar-refractivity contribution in [1.29, 1.82) is 0 Å². The lowest BCUT2D eigenvalue weighted by molar-refractivity contribution is -0.151. The summed E-state index contributed by atoms with van der Waals surface area (Å²) in [6.07, 6.45) is 3.83. The molecule has 136 valence electrons. The Kier molecular flexibility index (Phi) is 4.64. The summed E-state index contributed by atoms with van der Waals surface area (Å²) in [5, 5.41) is 8.26. The number of hydrogen-bond acceptors (Lipinski definition) is 6. The molecule has 0 N–H and O–H groups in total. The summed E-state index contributed by atoms with van der Waals surface area (Å²) in [6, 6.07) is 0. The molecule has 2 aromatic rings. The second kappa shape index (κ2) is 6.59. The molecular weight excluding hydrogens is 322 g/mol. The summed E-state index contributed by atoms with van der Waals surface area (Å²) >= 11 is 0. The van der Waals surface area contributed by atoms with Gasteiger partial charge < -0.3 is 18.6 Å². The van der Waals surface area contributed by atoms with Crippen LogP contribution < -0.4 is 0 Å². The minimum Gasteiger partial charge on any atom is -0.418 e. The van der Waals surface area contributed by atoms with Crippen LogP contribution in [0.3, 0.4) is 0 Å². The van der Waals surface area contributed by atoms with Crippen LogP contribution in [0.15, 0.2) is 16.9 Å². The lowest BCUT2D eigenvalue weighted by Crippen LogP contribution is -2.62. The average Bonchev–Trinajstić information content (AvgIpc) is 3.17. The average molecular weight is 347 g/mol. The number of carbonyl (C=O) groups excluding carboxylic acids is 1. The molecule has 8 nitrogen and oxygen atoms in total. The number of methoxy groups -OCH3 is 1. The second-order valence-electron chi connectivity index (χ2n) is 7.45. The lowest BCUT2D eigenvalue weighted by atomic mass is 9.81. The van der Waals surface area contributed by atoms with E-state index in [2.05, 4.69) is 29.0 Å². The Labute approximate surface area is 147 Å². The zero-order valence-corrected chi connectivity index (χ0v) is 15.4. The first-order valence-corrected chi connectivity index (χ1v) is 8.46. The Morgan fingerprint density at radius 2 is 2.12 bits per heavy atom. The van der Waals surface area contributed by atoms with Crippen LogP contribution in [-0.4, -0.2) is 56.9 Å². The highest BCUT2D eigenvalue weighted by molar-refractivity contribution is 5.82. The molecule has 1 fully saturated rings. The van der Waals surface area contributed by atoms with Gasteiger partial charge in [-0.05, 0) is 19.3 Å². The number of hydrogen-bond donors (Lipinski definition) is 0. The number of nitrogens with zero attached hydrogens (tertiary/aromatic N) is 5. The zero-order valence-electron chi connectivity index (χ0n) is 15.4. The van der Waals surface area contributed by atoms with E-state index in [4.69, 9.17) is 9.15 Å². The van der Waals surface area contributed by atoms with E-state index < -0.39 is 6.10 Å². The molecule has 1 amide bonds. The molecule has 0 spiro atoms. The summed E-state index contributed by atoms with van der Waals surface area (Å²) in [6.45, 7) is 7.28. The molecule has 0 aliphatic carbocycles. The van der Waals surface area contributed by atoms with Crippen molar-refractivity contribution in [1.82, 2.24) is 24.6 Å². The van der Waals surface area contributed by atoms with E-state index in [1.54, 1.807) is 18.3 Å². The van der Waals surface area contributed by atoms with Gasteiger partial charge in [0.05, 0.1) is 11.7 Å². The Morgan fingerprint density at radius 1 is 1.40 bits per heavy atom. The second-order valence-corrected chi connectivity index (χ2v) is 7.45. The Balaban J connectivity index is 1.66. The predicted molar refractivity (Wildman–Crippen MR) is 90.7 cm³/mol. The molecule has 1 unspecified atom stereocenters. The Morgan fingerprint density at radius 3 is 2.68 bits per heavy atom. The molecule has 0 saturated carbocycles. The number of amides is 1. The number of likely N-dealkylation sites (tertiary alicyclic amines) is 1. The van der Waals surface area contributed by atoms with E-state index in [1.165, 1.54) is 0 Å². The normalized spacial score (nSPS) is 17.6. The third kappa shape index (κ3) is 3.44. The van der Waals surface area contributed by atoms with Gasteiger partial charge in [0.15, 0.2) is 0 Å². The molecule has 3 heterocycles. The molecule has 2 aromatic heterocycles. The maximum absolute atomic E-state index is 12.6. The first kappa shape index (κ1) is 17.6. The van der Waals surface area contributed by atoms with Crippen LogP contribution in [0, 0.1) is 5.92 Å². The van der Waals surface area contributed by atoms with Gasteiger partial charge in [0.1, 0.15) is 11.8 Å². The third-order valence-electron chi connectivity index (χ3n) is 4.50. The fraction of sp³-hybridized carbons (Fsp3) is 0.647. The quantitative estimate of drug-likeness (QED) is 0.789. The number of imidazole rings is 1. The molecule has 0 radical (unpaired) electrons. The fourth-order valence-electron chi connectivity index (χ4n) is 3.11. The zero-order chi connectivity index (χ0) is 18.2. The smallest absolute Gasteiger partial charge is 0.267 e. The van der Waals surface area contributed by atoms with E-state index in [1.807, 2.05) is 24.7 Å². The summed E-state index contributed by atoms with van der Waals surface area (Å²) < 4.78 is 13.0. The van der Waals surface area contributed by atoms with Gasteiger partial charge in [-0.3, -0.25) is 4.79 Å². The van der Waals surface area contributed by atoms with Crippen molar-refractivity contribution >= 4 is 5.91 Å². The van der Waals surface area contributed by atoms with Gasteiger partial charge >= 0.3 is 0 Å². The number of carbonyl (C=O) groups is 1. The van der Waals surface area contributed by atoms with E-state index in [-0.39, 0.29) is 11.3 Å². The van der Waals surface area contributed by atoms with Crippen molar-refractivity contribution in [2.24, 2.45) is 13.0 Å². The summed E-state index contributed by atoms with van der Waals surface area (Å²) in [5.74, 6) is 1.36. The van der Waals surface area contributed by atoms with Gasteiger partial charge in [0.2, 0.25) is 5.89 Å². The van der Waals surface area contributed by atoms with E-state index in [0.717, 1.165) is 0 Å². The minimum atomic E-state index is -0.392. The molecule has 8 heteroatoms. The minimum absolute atomic E-state index is 0.0261. The highest BCUT2D eigenvalue weighted by Gasteiger charge is 2.48. The van der Waals surface area contributed by atoms with Crippen molar-refractivity contribution < 1.29 is 13.9 Å². The molecule has 1 atom stereocenters. The third-order valence-corrected chi connectivity index (χ3v) is 4.50. The molecule has 0 aromatic carbocycles. The van der Waals surface area contributed by atoms with Crippen LogP contribution in [0.2, 0.25) is 0 Å². The molecule has 25 heavy (non-hydrogen) atoms. The van der Waals surface area contributed by atoms with E-state index in [0.29, 0.717) is 42.9 Å². The van der Waals surface area contributed by atoms with Crippen LogP contribution in [0.1, 0.15) is 33.1 Å². The monoisotopic (exact) mass is 347 g/mol. The van der Waals surface area contributed by atoms with Gasteiger partial charge in [0.25, 0.3) is 11.8 Å². The first-order valence-electron chi connectivity index (χ1n) is 8.46. The summed E-state index contributed by atoms with van der Waals surface area (Å²) in [4.78, 5) is 18.6. The molecule has 1 aliphatic rings. The number of rotatable bonds is 6. The van der Waals surface area contributed by atoms with Gasteiger partial charge in [0, 0.05) is 33.4 Å². The van der Waals surface area contributed by atoms with Gasteiger partial charge in [-0.25, -0.2) is 4.98 Å². The SMILES string of the molecule is COC(CC(C)C)C(=O)N1CC(C)(c2nnc(-c3cn(C)cn3)o2)C1. The maximum Gasteiger partial charge on any atom is 0.267 e. The molecule has 3 rings (SSSR count). The number of ether oxygens (including phenoxy) is 1. The van der Waals surface area contributed by atoms with Crippen LogP contribution in [0.4, 0.5) is 0 Å². The number of aryl methyl sites for hydroxylation is 1. The standard InChI is InChI=1S/C17H25N5O3/c1-11(2)6-13(24-5)15(23)22-8-17(3,9-22)16-20-19-14(25-16)12-7-21(4)10-18-12/h7,10-11,13H,6,8-9H2,1-5H3. The molecular formula is C17H25N5O3. The van der Waals surface area contributed by atoms with Crippen molar-refractivity contribution in [2.75, 3.05) is 20.2 Å². The number of aromatic nitrogens is 4. The Hall–Kier alpha value is -2.22. The summed E-state index contributed by atoms with van der Waals surface area (Å²) in [5.41, 5.74) is 0.319. The summed E-state index contributed by atoms with van der Waals surface area (Å²) in [7, 11) is 3.47. The van der Waals surface area contributed by atoms with Gasteiger partial charge in [-0.15, -0.1) is 10.2 Å². The van der Waals surface area contributed by atoms with E-state index >= 15 is 0 Å². The van der Waals surface area contributed by atoms with Crippen LogP contribution in [0.25, 0.3) is 11.6 Å². The topological polar surface area (TPSA) is 86.3 Å². The highest BCUT2D eigenvalue weighted by atomic mass is 16.5. The van der Waals surface area contributed by atoms with Crippen molar-refractivity contribution in [2.45, 2.75) is 38.7 Å². The Bertz CT molecular complexity index is 745. The molecule has 1 saturated heterocycles. The van der Waals surface area contributed by atoms with Crippen molar-refractivity contribution in [3.63, 3.8) is 0 Å². The van der Waals surface area contributed by atoms with Crippen LogP contribution >= 0.6 is 0 Å². The maximum atomic E-state index is 12.6.